The zero-order chi connectivity index (χ0) is 13.7. The van der Waals surface area contributed by atoms with E-state index >= 15 is 0 Å². The summed E-state index contributed by atoms with van der Waals surface area (Å²) in [5.74, 6) is 2.45. The predicted molar refractivity (Wildman–Crippen MR) is 80.6 cm³/mol. The molecule has 1 heterocycles. The molecule has 1 fully saturated rings. The van der Waals surface area contributed by atoms with Crippen LogP contribution in [0.3, 0.4) is 0 Å². The maximum Gasteiger partial charge on any atom is 0.224 e. The minimum Gasteiger partial charge on any atom is -0.367 e. The molecule has 0 amide bonds. The van der Waals surface area contributed by atoms with Crippen LogP contribution < -0.4 is 10.6 Å². The van der Waals surface area contributed by atoms with Gasteiger partial charge >= 0.3 is 0 Å². The van der Waals surface area contributed by atoms with Gasteiger partial charge in [-0.2, -0.15) is 4.98 Å². The van der Waals surface area contributed by atoms with Crippen molar-refractivity contribution in [2.24, 2.45) is 5.92 Å². The van der Waals surface area contributed by atoms with Gasteiger partial charge in [-0.3, -0.25) is 0 Å². The van der Waals surface area contributed by atoms with Gasteiger partial charge in [-0.1, -0.05) is 26.2 Å². The maximum absolute atomic E-state index is 4.50. The molecule has 0 radical (unpaired) electrons. The second-order valence-corrected chi connectivity index (χ2v) is 5.53. The molecule has 0 aliphatic heterocycles. The number of aryl methyl sites for hydroxylation is 1. The van der Waals surface area contributed by atoms with Crippen molar-refractivity contribution < 1.29 is 0 Å². The zero-order valence-corrected chi connectivity index (χ0v) is 12.4. The van der Waals surface area contributed by atoms with Crippen LogP contribution in [0.1, 0.15) is 51.1 Å². The smallest absolute Gasteiger partial charge is 0.224 e. The second kappa shape index (κ2) is 6.73. The van der Waals surface area contributed by atoms with Gasteiger partial charge in [0, 0.05) is 24.8 Å². The zero-order valence-electron chi connectivity index (χ0n) is 12.4. The normalized spacial score (nSPS) is 18.1. The highest BCUT2D eigenvalue weighted by Gasteiger charge is 2.22. The third-order valence-electron chi connectivity index (χ3n) is 4.07. The monoisotopic (exact) mass is 262 g/mol. The van der Waals surface area contributed by atoms with Crippen LogP contribution >= 0.6 is 0 Å². The van der Waals surface area contributed by atoms with E-state index in [2.05, 4.69) is 27.5 Å². The van der Waals surface area contributed by atoms with E-state index < -0.39 is 0 Å². The van der Waals surface area contributed by atoms with Crippen molar-refractivity contribution in [3.63, 3.8) is 0 Å². The Balaban J connectivity index is 2.06. The fraction of sp³-hybridized carbons (Fsp3) is 0.733. The van der Waals surface area contributed by atoms with Gasteiger partial charge in [0.25, 0.3) is 0 Å². The largest absolute Gasteiger partial charge is 0.367 e. The molecular formula is C15H26N4. The Morgan fingerprint density at radius 2 is 2.00 bits per heavy atom. The van der Waals surface area contributed by atoms with E-state index in [9.17, 15) is 0 Å². The summed E-state index contributed by atoms with van der Waals surface area (Å²) in [6.45, 7) is 4.27. The predicted octanol–water partition coefficient (Wildman–Crippen LogP) is 3.60. The highest BCUT2D eigenvalue weighted by Crippen LogP contribution is 2.29. The molecule has 0 bridgehead atoms. The summed E-state index contributed by atoms with van der Waals surface area (Å²) in [7, 11) is 1.86. The van der Waals surface area contributed by atoms with E-state index in [1.54, 1.807) is 0 Å². The van der Waals surface area contributed by atoms with E-state index in [-0.39, 0.29) is 0 Å². The lowest BCUT2D eigenvalue weighted by Crippen LogP contribution is -2.30. The van der Waals surface area contributed by atoms with Crippen LogP contribution in [0.15, 0.2) is 6.07 Å². The molecule has 1 aliphatic carbocycles. The molecule has 106 valence electrons. The van der Waals surface area contributed by atoms with Crippen molar-refractivity contribution >= 4 is 11.8 Å². The third-order valence-corrected chi connectivity index (χ3v) is 4.07. The first-order valence-electron chi connectivity index (χ1n) is 7.53. The van der Waals surface area contributed by atoms with E-state index in [1.807, 2.05) is 20.0 Å². The highest BCUT2D eigenvalue weighted by atomic mass is 15.1. The first kappa shape index (κ1) is 14.1. The van der Waals surface area contributed by atoms with Gasteiger partial charge in [0.1, 0.15) is 5.82 Å². The van der Waals surface area contributed by atoms with Crippen molar-refractivity contribution in [3.8, 4) is 0 Å². The average Bonchev–Trinajstić information content (AvgIpc) is 2.45. The minimum atomic E-state index is 0.541. The molecule has 2 rings (SSSR count). The summed E-state index contributed by atoms with van der Waals surface area (Å²) in [6, 6.07) is 2.58. The number of aromatic nitrogens is 2. The molecule has 0 aromatic carbocycles. The van der Waals surface area contributed by atoms with Crippen LogP contribution in [0.4, 0.5) is 11.8 Å². The molecule has 4 heteroatoms. The Hall–Kier alpha value is -1.32. The first-order chi connectivity index (χ1) is 9.22. The molecule has 1 unspecified atom stereocenters. The van der Waals surface area contributed by atoms with Crippen LogP contribution in [0, 0.1) is 12.8 Å². The summed E-state index contributed by atoms with van der Waals surface area (Å²) in [6.07, 6.45) is 8.04. The third kappa shape index (κ3) is 3.82. The van der Waals surface area contributed by atoms with E-state index in [4.69, 9.17) is 0 Å². The number of hydrogen-bond donors (Lipinski definition) is 2. The summed E-state index contributed by atoms with van der Waals surface area (Å²) in [5.41, 5.74) is 1.00. The molecule has 1 aromatic heterocycles. The van der Waals surface area contributed by atoms with Crippen LogP contribution in [0.5, 0.6) is 0 Å². The maximum atomic E-state index is 4.50. The van der Waals surface area contributed by atoms with Gasteiger partial charge in [0.2, 0.25) is 5.95 Å². The molecular weight excluding hydrogens is 236 g/mol. The van der Waals surface area contributed by atoms with Gasteiger partial charge in [0.05, 0.1) is 0 Å². The Bertz CT molecular complexity index is 399. The lowest BCUT2D eigenvalue weighted by molar-refractivity contribution is 0.312. The standard InChI is InChI=1S/C15H26N4/c1-4-13(12-8-6-5-7-9-12)18-14-10-11(2)17-15(16-3)19-14/h10,12-13H,4-9H2,1-3H3,(H2,16,17,18,19). The number of nitrogens with one attached hydrogen (secondary N) is 2. The summed E-state index contributed by atoms with van der Waals surface area (Å²) >= 11 is 0. The number of hydrogen-bond acceptors (Lipinski definition) is 4. The Morgan fingerprint density at radius 1 is 1.26 bits per heavy atom. The highest BCUT2D eigenvalue weighted by molar-refractivity contribution is 5.42. The Labute approximate surface area is 116 Å². The fourth-order valence-corrected chi connectivity index (χ4v) is 3.03. The number of nitrogens with zero attached hydrogens (tertiary/aromatic N) is 2. The van der Waals surface area contributed by atoms with E-state index in [0.717, 1.165) is 23.9 Å². The van der Waals surface area contributed by atoms with Gasteiger partial charge in [-0.05, 0) is 32.1 Å². The molecule has 0 saturated heterocycles. The van der Waals surface area contributed by atoms with Crippen molar-refractivity contribution in [1.82, 2.24) is 9.97 Å². The summed E-state index contributed by atoms with van der Waals surface area (Å²) in [5, 5.41) is 6.64. The number of anilines is 2. The van der Waals surface area contributed by atoms with Gasteiger partial charge in [0.15, 0.2) is 0 Å². The van der Waals surface area contributed by atoms with Crippen LogP contribution in [0.2, 0.25) is 0 Å². The molecule has 1 aromatic rings. The van der Waals surface area contributed by atoms with E-state index in [0.29, 0.717) is 12.0 Å². The molecule has 1 aliphatic rings. The van der Waals surface area contributed by atoms with Crippen LogP contribution in [-0.2, 0) is 0 Å². The van der Waals surface area contributed by atoms with Crippen molar-refractivity contribution in [2.45, 2.75) is 58.4 Å². The second-order valence-electron chi connectivity index (χ2n) is 5.53. The average molecular weight is 262 g/mol. The van der Waals surface area contributed by atoms with Crippen molar-refractivity contribution in [2.75, 3.05) is 17.7 Å². The quantitative estimate of drug-likeness (QED) is 0.851. The molecule has 4 nitrogen and oxygen atoms in total. The van der Waals surface area contributed by atoms with Gasteiger partial charge < -0.3 is 10.6 Å². The topological polar surface area (TPSA) is 49.8 Å². The van der Waals surface area contributed by atoms with Crippen molar-refractivity contribution in [1.29, 1.82) is 0 Å². The molecule has 2 N–H and O–H groups in total. The van der Waals surface area contributed by atoms with Gasteiger partial charge in [-0.15, -0.1) is 0 Å². The molecule has 1 atom stereocenters. The van der Waals surface area contributed by atoms with Gasteiger partial charge in [-0.25, -0.2) is 4.98 Å². The lowest BCUT2D eigenvalue weighted by atomic mass is 9.83. The molecule has 1 saturated carbocycles. The minimum absolute atomic E-state index is 0.541. The Kier molecular flexibility index (Phi) is 5.00. The van der Waals surface area contributed by atoms with Crippen LogP contribution in [-0.4, -0.2) is 23.1 Å². The lowest BCUT2D eigenvalue weighted by Gasteiger charge is -2.30. The SMILES string of the molecule is CCC(Nc1cc(C)nc(NC)n1)C1CCCCC1. The Morgan fingerprint density at radius 3 is 2.63 bits per heavy atom. The fourth-order valence-electron chi connectivity index (χ4n) is 3.03. The number of rotatable bonds is 5. The summed E-state index contributed by atoms with van der Waals surface area (Å²) < 4.78 is 0. The summed E-state index contributed by atoms with van der Waals surface area (Å²) in [4.78, 5) is 8.84. The molecule has 19 heavy (non-hydrogen) atoms. The van der Waals surface area contributed by atoms with E-state index in [1.165, 1.54) is 32.1 Å². The first-order valence-corrected chi connectivity index (χ1v) is 7.53. The van der Waals surface area contributed by atoms with Crippen molar-refractivity contribution in [3.05, 3.63) is 11.8 Å². The van der Waals surface area contributed by atoms with Crippen LogP contribution in [0.25, 0.3) is 0 Å². The molecule has 0 spiro atoms.